The number of benzene rings is 1. The number of methoxy groups -OCH3 is 1. The summed E-state index contributed by atoms with van der Waals surface area (Å²) in [5, 5.41) is 13.0. The van der Waals surface area contributed by atoms with Crippen LogP contribution in [0.2, 0.25) is 0 Å². The molecule has 0 fully saturated rings. The molecular formula is C14H23NO4S. The Balaban J connectivity index is 2.53. The third-order valence-electron chi connectivity index (χ3n) is 3.39. The van der Waals surface area contributed by atoms with Gasteiger partial charge >= 0.3 is 0 Å². The van der Waals surface area contributed by atoms with Gasteiger partial charge in [-0.2, -0.15) is 0 Å². The molecule has 6 heteroatoms. The highest BCUT2D eigenvalue weighted by Crippen LogP contribution is 2.18. The van der Waals surface area contributed by atoms with Gasteiger partial charge in [0.25, 0.3) is 0 Å². The van der Waals surface area contributed by atoms with Crippen molar-refractivity contribution in [3.05, 3.63) is 29.8 Å². The molecule has 0 heterocycles. The molecule has 0 saturated heterocycles. The molecule has 0 saturated carbocycles. The van der Waals surface area contributed by atoms with Gasteiger partial charge in [-0.3, -0.25) is 0 Å². The van der Waals surface area contributed by atoms with E-state index in [0.717, 1.165) is 11.3 Å². The van der Waals surface area contributed by atoms with Crippen molar-refractivity contribution in [2.45, 2.75) is 24.7 Å². The number of nitrogens with one attached hydrogen (secondary N) is 1. The highest BCUT2D eigenvalue weighted by molar-refractivity contribution is 7.92. The summed E-state index contributed by atoms with van der Waals surface area (Å²) in [5.41, 5.74) is 0.760. The number of aliphatic hydroxyl groups excluding tert-OH is 1. The van der Waals surface area contributed by atoms with Crippen LogP contribution < -0.4 is 10.1 Å². The van der Waals surface area contributed by atoms with Gasteiger partial charge in [0.05, 0.1) is 18.0 Å². The lowest BCUT2D eigenvalue weighted by atomic mass is 10.1. The Morgan fingerprint density at radius 3 is 2.30 bits per heavy atom. The van der Waals surface area contributed by atoms with E-state index in [1.54, 1.807) is 45.2 Å². The number of aliphatic hydroxyl groups is 1. The lowest BCUT2D eigenvalue weighted by molar-refractivity contribution is 0.174. The maximum Gasteiger partial charge on any atom is 0.153 e. The zero-order valence-corrected chi connectivity index (χ0v) is 13.2. The van der Waals surface area contributed by atoms with Gasteiger partial charge in [0, 0.05) is 19.3 Å². The summed E-state index contributed by atoms with van der Waals surface area (Å²) < 4.78 is 27.3. The monoisotopic (exact) mass is 301 g/mol. The molecule has 0 bridgehead atoms. The van der Waals surface area contributed by atoms with Crippen LogP contribution in [0, 0.1) is 0 Å². The first-order valence-corrected chi connectivity index (χ1v) is 8.29. The molecule has 0 spiro atoms. The molecule has 0 aliphatic carbocycles. The number of rotatable bonds is 7. The van der Waals surface area contributed by atoms with Crippen LogP contribution in [0.15, 0.2) is 24.3 Å². The summed E-state index contributed by atoms with van der Waals surface area (Å²) in [7, 11) is -1.55. The van der Waals surface area contributed by atoms with Crippen LogP contribution in [-0.4, -0.2) is 44.7 Å². The summed E-state index contributed by atoms with van der Waals surface area (Å²) in [5.74, 6) is 0.729. The minimum Gasteiger partial charge on any atom is -0.497 e. The van der Waals surface area contributed by atoms with E-state index in [-0.39, 0.29) is 0 Å². The molecule has 114 valence electrons. The predicted molar refractivity (Wildman–Crippen MR) is 79.7 cm³/mol. The molecule has 0 radical (unpaired) electrons. The maximum absolute atomic E-state index is 11.6. The number of hydrogen-bond donors (Lipinski definition) is 2. The largest absolute Gasteiger partial charge is 0.497 e. The van der Waals surface area contributed by atoms with E-state index in [1.165, 1.54) is 6.26 Å². The van der Waals surface area contributed by atoms with E-state index in [2.05, 4.69) is 5.32 Å². The molecule has 0 aromatic heterocycles. The molecule has 1 unspecified atom stereocenters. The van der Waals surface area contributed by atoms with Gasteiger partial charge in [0.1, 0.15) is 5.75 Å². The van der Waals surface area contributed by atoms with E-state index < -0.39 is 20.7 Å². The first-order chi connectivity index (χ1) is 9.17. The predicted octanol–water partition coefficient (Wildman–Crippen LogP) is 1.14. The number of hydrogen-bond acceptors (Lipinski definition) is 5. The van der Waals surface area contributed by atoms with Crippen molar-refractivity contribution < 1.29 is 18.3 Å². The summed E-state index contributed by atoms with van der Waals surface area (Å²) in [6, 6.07) is 7.12. The fourth-order valence-electron chi connectivity index (χ4n) is 1.58. The first-order valence-electron chi connectivity index (χ1n) is 6.40. The zero-order chi connectivity index (χ0) is 15.4. The second kappa shape index (κ2) is 6.56. The lowest BCUT2D eigenvalue weighted by Crippen LogP contribution is -2.42. The van der Waals surface area contributed by atoms with Gasteiger partial charge in [-0.05, 0) is 31.5 Å². The fraction of sp³-hybridized carbons (Fsp3) is 0.571. The Kier molecular flexibility index (Phi) is 5.56. The standard InChI is InChI=1S/C14H23NO4S/c1-14(2,20(4,17)18)10-15-9-13(16)11-5-7-12(19-3)8-6-11/h5-8,13,15-16H,9-10H2,1-4H3. The van der Waals surface area contributed by atoms with Crippen LogP contribution in [0.25, 0.3) is 0 Å². The summed E-state index contributed by atoms with van der Waals surface area (Å²) in [6.45, 7) is 3.91. The van der Waals surface area contributed by atoms with Crippen molar-refractivity contribution in [3.63, 3.8) is 0 Å². The Morgan fingerprint density at radius 2 is 1.85 bits per heavy atom. The topological polar surface area (TPSA) is 75.6 Å². The molecule has 0 aliphatic heterocycles. The molecule has 1 rings (SSSR count). The summed E-state index contributed by atoms with van der Waals surface area (Å²) in [6.07, 6.45) is 0.533. The normalized spacial score (nSPS) is 14.1. The molecule has 0 amide bonds. The summed E-state index contributed by atoms with van der Waals surface area (Å²) in [4.78, 5) is 0. The Hall–Kier alpha value is -1.11. The average molecular weight is 301 g/mol. The van der Waals surface area contributed by atoms with Gasteiger partial charge in [-0.1, -0.05) is 12.1 Å². The van der Waals surface area contributed by atoms with Crippen molar-refractivity contribution in [1.82, 2.24) is 5.32 Å². The van der Waals surface area contributed by atoms with Crippen molar-refractivity contribution in [3.8, 4) is 5.75 Å². The molecule has 2 N–H and O–H groups in total. The minimum atomic E-state index is -3.13. The van der Waals surface area contributed by atoms with Crippen LogP contribution in [0.4, 0.5) is 0 Å². The lowest BCUT2D eigenvalue weighted by Gasteiger charge is -2.23. The maximum atomic E-state index is 11.6. The SMILES string of the molecule is COc1ccc(C(O)CNCC(C)(C)S(C)(=O)=O)cc1. The van der Waals surface area contributed by atoms with Crippen LogP contribution in [-0.2, 0) is 9.84 Å². The van der Waals surface area contributed by atoms with Gasteiger partial charge in [0.2, 0.25) is 0 Å². The van der Waals surface area contributed by atoms with Gasteiger partial charge in [-0.25, -0.2) is 8.42 Å². The molecule has 1 atom stereocenters. The third kappa shape index (κ3) is 4.47. The van der Waals surface area contributed by atoms with Crippen molar-refractivity contribution in [2.75, 3.05) is 26.5 Å². The second-order valence-electron chi connectivity index (χ2n) is 5.45. The third-order valence-corrected chi connectivity index (χ3v) is 5.54. The van der Waals surface area contributed by atoms with Crippen LogP contribution in [0.3, 0.4) is 0 Å². The highest BCUT2D eigenvalue weighted by atomic mass is 32.2. The van der Waals surface area contributed by atoms with Crippen molar-refractivity contribution >= 4 is 9.84 Å². The minimum absolute atomic E-state index is 0.291. The number of ether oxygens (including phenoxy) is 1. The van der Waals surface area contributed by atoms with E-state index in [1.807, 2.05) is 0 Å². The zero-order valence-electron chi connectivity index (χ0n) is 12.4. The van der Waals surface area contributed by atoms with E-state index in [0.29, 0.717) is 13.1 Å². The van der Waals surface area contributed by atoms with E-state index in [4.69, 9.17) is 4.74 Å². The van der Waals surface area contributed by atoms with Gasteiger partial charge in [0.15, 0.2) is 9.84 Å². The molecule has 0 aliphatic rings. The molecule has 1 aromatic rings. The Bertz CT molecular complexity index is 523. The number of sulfone groups is 1. The van der Waals surface area contributed by atoms with Crippen molar-refractivity contribution in [1.29, 1.82) is 0 Å². The molecular weight excluding hydrogens is 278 g/mol. The fourth-order valence-corrected chi connectivity index (χ4v) is 1.95. The quantitative estimate of drug-likeness (QED) is 0.790. The molecule has 20 heavy (non-hydrogen) atoms. The Labute approximate surface area is 120 Å². The van der Waals surface area contributed by atoms with E-state index in [9.17, 15) is 13.5 Å². The molecule has 1 aromatic carbocycles. The Morgan fingerprint density at radius 1 is 1.30 bits per heavy atom. The van der Waals surface area contributed by atoms with Crippen molar-refractivity contribution in [2.24, 2.45) is 0 Å². The average Bonchev–Trinajstić information content (AvgIpc) is 2.37. The van der Waals surface area contributed by atoms with Gasteiger partial charge < -0.3 is 15.2 Å². The van der Waals surface area contributed by atoms with Crippen LogP contribution >= 0.6 is 0 Å². The highest BCUT2D eigenvalue weighted by Gasteiger charge is 2.29. The molecule has 5 nitrogen and oxygen atoms in total. The van der Waals surface area contributed by atoms with E-state index >= 15 is 0 Å². The first kappa shape index (κ1) is 16.9. The van der Waals surface area contributed by atoms with Crippen LogP contribution in [0.5, 0.6) is 5.75 Å². The second-order valence-corrected chi connectivity index (χ2v) is 8.10. The summed E-state index contributed by atoms with van der Waals surface area (Å²) >= 11 is 0. The smallest absolute Gasteiger partial charge is 0.153 e. The van der Waals surface area contributed by atoms with Crippen LogP contribution in [0.1, 0.15) is 25.5 Å². The van der Waals surface area contributed by atoms with Gasteiger partial charge in [-0.15, -0.1) is 0 Å².